The van der Waals surface area contributed by atoms with E-state index < -0.39 is 0 Å². The zero-order chi connectivity index (χ0) is 10.7. The maximum atomic E-state index is 5.71. The van der Waals surface area contributed by atoms with Crippen LogP contribution in [0.4, 0.5) is 5.69 Å². The number of hydrogen-bond acceptors (Lipinski definition) is 3. The number of hydrogen-bond donors (Lipinski definition) is 2. The van der Waals surface area contributed by atoms with Gasteiger partial charge in [-0.15, -0.1) is 0 Å². The lowest BCUT2D eigenvalue weighted by Crippen LogP contribution is -1.98. The van der Waals surface area contributed by atoms with Gasteiger partial charge in [-0.3, -0.25) is 4.98 Å². The maximum Gasteiger partial charge on any atom is 0.0539 e. The molecule has 0 aliphatic heterocycles. The van der Waals surface area contributed by atoms with Gasteiger partial charge in [0, 0.05) is 24.0 Å². The molecule has 0 aliphatic carbocycles. The molecule has 1 aromatic heterocycles. The fraction of sp³-hybridized carbons (Fsp3) is 0.0833. The van der Waals surface area contributed by atoms with Crippen LogP contribution >= 0.6 is 0 Å². The molecule has 4 N–H and O–H groups in total. The summed E-state index contributed by atoms with van der Waals surface area (Å²) in [7, 11) is 0. The van der Waals surface area contributed by atoms with Crippen LogP contribution in [0.2, 0.25) is 0 Å². The van der Waals surface area contributed by atoms with Crippen molar-refractivity contribution in [2.75, 3.05) is 5.73 Å². The third-order valence-corrected chi connectivity index (χ3v) is 2.25. The van der Waals surface area contributed by atoms with Gasteiger partial charge in [-0.05, 0) is 23.8 Å². The molecular formula is C12H13N3. The highest BCUT2D eigenvalue weighted by Gasteiger charge is 1.98. The summed E-state index contributed by atoms with van der Waals surface area (Å²) < 4.78 is 0. The zero-order valence-electron chi connectivity index (χ0n) is 8.35. The number of nitrogens with zero attached hydrogens (tertiary/aromatic N) is 1. The molecule has 0 saturated heterocycles. The molecule has 0 radical (unpaired) electrons. The van der Waals surface area contributed by atoms with Crippen LogP contribution in [0.1, 0.15) is 5.69 Å². The monoisotopic (exact) mass is 199 g/mol. The molecule has 0 aliphatic rings. The second kappa shape index (κ2) is 4.11. The Labute approximate surface area is 88.8 Å². The third-order valence-electron chi connectivity index (χ3n) is 2.25. The van der Waals surface area contributed by atoms with Crippen LogP contribution in [0.25, 0.3) is 11.1 Å². The number of anilines is 1. The smallest absolute Gasteiger partial charge is 0.0539 e. The average molecular weight is 199 g/mol. The molecule has 0 atom stereocenters. The van der Waals surface area contributed by atoms with Gasteiger partial charge in [0.15, 0.2) is 0 Å². The Balaban J connectivity index is 2.37. The first-order valence-electron chi connectivity index (χ1n) is 4.80. The van der Waals surface area contributed by atoms with Gasteiger partial charge in [-0.2, -0.15) is 0 Å². The lowest BCUT2D eigenvalue weighted by Gasteiger charge is -2.03. The van der Waals surface area contributed by atoms with Gasteiger partial charge in [-0.1, -0.05) is 18.2 Å². The van der Waals surface area contributed by atoms with Gasteiger partial charge < -0.3 is 11.5 Å². The van der Waals surface area contributed by atoms with E-state index in [0.29, 0.717) is 6.54 Å². The van der Waals surface area contributed by atoms with E-state index in [4.69, 9.17) is 11.5 Å². The predicted octanol–water partition coefficient (Wildman–Crippen LogP) is 1.79. The standard InChI is InChI=1S/C12H13N3/c13-7-12-5-4-10(8-15-12)9-2-1-3-11(14)6-9/h1-6,8H,7,13-14H2. The van der Waals surface area contributed by atoms with Gasteiger partial charge in [0.25, 0.3) is 0 Å². The van der Waals surface area contributed by atoms with Crippen molar-refractivity contribution >= 4 is 5.69 Å². The lowest BCUT2D eigenvalue weighted by molar-refractivity contribution is 0.991. The Kier molecular flexibility index (Phi) is 2.65. The second-order valence-electron chi connectivity index (χ2n) is 3.37. The van der Waals surface area contributed by atoms with Crippen LogP contribution < -0.4 is 11.5 Å². The molecule has 0 saturated carbocycles. The summed E-state index contributed by atoms with van der Waals surface area (Å²) in [5, 5.41) is 0. The summed E-state index contributed by atoms with van der Waals surface area (Å²) in [6.07, 6.45) is 1.82. The molecule has 3 nitrogen and oxygen atoms in total. The molecule has 0 spiro atoms. The Hall–Kier alpha value is -1.87. The highest BCUT2D eigenvalue weighted by atomic mass is 14.7. The predicted molar refractivity (Wildman–Crippen MR) is 62.0 cm³/mol. The first-order chi connectivity index (χ1) is 7.29. The number of benzene rings is 1. The number of nitrogens with two attached hydrogens (primary N) is 2. The van der Waals surface area contributed by atoms with E-state index in [2.05, 4.69) is 4.98 Å². The largest absolute Gasteiger partial charge is 0.399 e. The Morgan fingerprint density at radius 2 is 1.93 bits per heavy atom. The fourth-order valence-corrected chi connectivity index (χ4v) is 1.43. The van der Waals surface area contributed by atoms with Crippen LogP contribution in [0, 0.1) is 0 Å². The molecule has 3 heteroatoms. The number of pyridine rings is 1. The second-order valence-corrected chi connectivity index (χ2v) is 3.37. The summed E-state index contributed by atoms with van der Waals surface area (Å²) >= 11 is 0. The normalized spacial score (nSPS) is 10.2. The minimum Gasteiger partial charge on any atom is -0.399 e. The van der Waals surface area contributed by atoms with Crippen molar-refractivity contribution < 1.29 is 0 Å². The highest BCUT2D eigenvalue weighted by Crippen LogP contribution is 2.20. The van der Waals surface area contributed by atoms with Gasteiger partial charge in [-0.25, -0.2) is 0 Å². The van der Waals surface area contributed by atoms with E-state index in [1.807, 2.05) is 42.6 Å². The average Bonchev–Trinajstić information content (AvgIpc) is 2.29. The molecule has 0 fully saturated rings. The summed E-state index contributed by atoms with van der Waals surface area (Å²) in [4.78, 5) is 4.24. The number of rotatable bonds is 2. The molecule has 1 aromatic carbocycles. The first kappa shape index (κ1) is 9.68. The number of nitrogen functional groups attached to an aromatic ring is 1. The van der Waals surface area contributed by atoms with Crippen molar-refractivity contribution in [3.63, 3.8) is 0 Å². The molecule has 2 rings (SSSR count). The minimum absolute atomic E-state index is 0.469. The van der Waals surface area contributed by atoms with Crippen molar-refractivity contribution in [1.29, 1.82) is 0 Å². The van der Waals surface area contributed by atoms with E-state index in [9.17, 15) is 0 Å². The molecule has 2 aromatic rings. The molecule has 0 unspecified atom stereocenters. The lowest BCUT2D eigenvalue weighted by atomic mass is 10.1. The van der Waals surface area contributed by atoms with E-state index in [-0.39, 0.29) is 0 Å². The Bertz CT molecular complexity index is 449. The van der Waals surface area contributed by atoms with Gasteiger partial charge in [0.05, 0.1) is 5.69 Å². The molecule has 0 bridgehead atoms. The van der Waals surface area contributed by atoms with Crippen molar-refractivity contribution in [2.24, 2.45) is 5.73 Å². The van der Waals surface area contributed by atoms with E-state index in [0.717, 1.165) is 22.5 Å². The molecule has 0 amide bonds. The van der Waals surface area contributed by atoms with Crippen molar-refractivity contribution in [1.82, 2.24) is 4.98 Å². The van der Waals surface area contributed by atoms with E-state index in [1.165, 1.54) is 0 Å². The first-order valence-corrected chi connectivity index (χ1v) is 4.80. The molecule has 15 heavy (non-hydrogen) atoms. The number of aromatic nitrogens is 1. The zero-order valence-corrected chi connectivity index (χ0v) is 8.35. The molecular weight excluding hydrogens is 186 g/mol. The van der Waals surface area contributed by atoms with Crippen LogP contribution in [-0.4, -0.2) is 4.98 Å². The highest BCUT2D eigenvalue weighted by molar-refractivity contribution is 5.66. The summed E-state index contributed by atoms with van der Waals surface area (Å²) in [6.45, 7) is 0.469. The van der Waals surface area contributed by atoms with E-state index >= 15 is 0 Å². The Morgan fingerprint density at radius 1 is 1.07 bits per heavy atom. The topological polar surface area (TPSA) is 64.9 Å². The van der Waals surface area contributed by atoms with Crippen LogP contribution in [-0.2, 0) is 6.54 Å². The summed E-state index contributed by atoms with van der Waals surface area (Å²) in [5.41, 5.74) is 15.0. The van der Waals surface area contributed by atoms with Crippen LogP contribution in [0.3, 0.4) is 0 Å². The third kappa shape index (κ3) is 2.14. The minimum atomic E-state index is 0.469. The quantitative estimate of drug-likeness (QED) is 0.725. The molecule has 1 heterocycles. The van der Waals surface area contributed by atoms with Gasteiger partial charge in [0.1, 0.15) is 0 Å². The van der Waals surface area contributed by atoms with E-state index in [1.54, 1.807) is 0 Å². The van der Waals surface area contributed by atoms with Crippen molar-refractivity contribution in [3.8, 4) is 11.1 Å². The van der Waals surface area contributed by atoms with Crippen molar-refractivity contribution in [2.45, 2.75) is 6.54 Å². The van der Waals surface area contributed by atoms with Gasteiger partial charge in [0.2, 0.25) is 0 Å². The molecule has 76 valence electrons. The summed E-state index contributed by atoms with van der Waals surface area (Å²) in [6, 6.07) is 11.7. The van der Waals surface area contributed by atoms with Crippen LogP contribution in [0.15, 0.2) is 42.6 Å². The van der Waals surface area contributed by atoms with Crippen molar-refractivity contribution in [3.05, 3.63) is 48.3 Å². The maximum absolute atomic E-state index is 5.71. The van der Waals surface area contributed by atoms with Crippen LogP contribution in [0.5, 0.6) is 0 Å². The Morgan fingerprint density at radius 3 is 2.53 bits per heavy atom. The SMILES string of the molecule is NCc1ccc(-c2cccc(N)c2)cn1. The fourth-order valence-electron chi connectivity index (χ4n) is 1.43. The summed E-state index contributed by atoms with van der Waals surface area (Å²) in [5.74, 6) is 0. The van der Waals surface area contributed by atoms with Gasteiger partial charge >= 0.3 is 0 Å².